The highest BCUT2D eigenvalue weighted by Crippen LogP contribution is 2.47. The fourth-order valence-corrected chi connectivity index (χ4v) is 4.98. The van der Waals surface area contributed by atoms with Crippen LogP contribution in [0.25, 0.3) is 11.1 Å². The molecule has 44 heavy (non-hydrogen) atoms. The van der Waals surface area contributed by atoms with Gasteiger partial charge in [-0.05, 0) is 77.4 Å². The van der Waals surface area contributed by atoms with Crippen molar-refractivity contribution in [3.8, 4) is 51.7 Å². The van der Waals surface area contributed by atoms with E-state index in [4.69, 9.17) is 4.74 Å². The molecule has 0 spiro atoms. The first-order valence-corrected chi connectivity index (χ1v) is 13.5. The van der Waals surface area contributed by atoms with Gasteiger partial charge in [0.1, 0.15) is 41.0 Å². The minimum absolute atomic E-state index is 0.0332. The second kappa shape index (κ2) is 12.1. The molecule has 6 N–H and O–H groups in total. The molecule has 0 bridgehead atoms. The number of hydrogen-bond donors (Lipinski definition) is 6. The lowest BCUT2D eigenvalue weighted by Gasteiger charge is -2.34. The van der Waals surface area contributed by atoms with Gasteiger partial charge < -0.3 is 35.4 Å². The fourth-order valence-electron chi connectivity index (χ4n) is 4.98. The lowest BCUT2D eigenvalue weighted by Crippen LogP contribution is -2.31. The molecule has 0 aliphatic rings. The second-order valence-electron chi connectivity index (χ2n) is 10.1. The number of carbonyl (C=O) groups excluding carboxylic acids is 1. The summed E-state index contributed by atoms with van der Waals surface area (Å²) in [6, 6.07) is 25.4. The number of hydrogen-bond acceptors (Lipinski definition) is 8. The van der Waals surface area contributed by atoms with E-state index in [0.717, 1.165) is 0 Å². The van der Waals surface area contributed by atoms with E-state index in [9.17, 15) is 35.4 Å². The summed E-state index contributed by atoms with van der Waals surface area (Å²) in [5, 5.41) is 63.9. The maximum absolute atomic E-state index is 13.0. The van der Waals surface area contributed by atoms with Gasteiger partial charge in [-0.2, -0.15) is 0 Å². The number of aliphatic hydroxyl groups is 1. The summed E-state index contributed by atoms with van der Waals surface area (Å²) in [6.45, 7) is 1.08. The van der Waals surface area contributed by atoms with E-state index < -0.39 is 11.6 Å². The number of ether oxygens (including phenoxy) is 1. The van der Waals surface area contributed by atoms with Crippen LogP contribution in [0.1, 0.15) is 40.3 Å². The Morgan fingerprint density at radius 3 is 1.68 bits per heavy atom. The number of aromatic hydroxyl groups is 5. The number of carbonyl (C=O) groups is 1. The van der Waals surface area contributed by atoms with Crippen molar-refractivity contribution >= 4 is 5.97 Å². The average molecular weight is 589 g/mol. The molecular weight excluding hydrogens is 560 g/mol. The van der Waals surface area contributed by atoms with E-state index >= 15 is 0 Å². The van der Waals surface area contributed by atoms with Gasteiger partial charge in [0, 0.05) is 40.8 Å². The zero-order chi connectivity index (χ0) is 31.4. The molecule has 0 atom stereocenters. The second-order valence-corrected chi connectivity index (χ2v) is 10.1. The zero-order valence-corrected chi connectivity index (χ0v) is 23.5. The maximum Gasteiger partial charge on any atom is 0.302 e. The average Bonchev–Trinajstić information content (AvgIpc) is 3.00. The molecule has 220 valence electrons. The minimum atomic E-state index is -2.02. The topological polar surface area (TPSA) is 148 Å². The Morgan fingerprint density at radius 1 is 0.659 bits per heavy atom. The Hall–Kier alpha value is -5.91. The van der Waals surface area contributed by atoms with E-state index in [0.29, 0.717) is 27.8 Å². The molecule has 0 heterocycles. The molecule has 8 heteroatoms. The summed E-state index contributed by atoms with van der Waals surface area (Å²) < 4.78 is 5.36. The molecule has 0 saturated heterocycles. The largest absolute Gasteiger partial charge is 0.508 e. The number of rotatable bonds is 6. The Bertz CT molecular complexity index is 1840. The van der Waals surface area contributed by atoms with Crippen molar-refractivity contribution in [1.29, 1.82) is 0 Å². The lowest BCUT2D eigenvalue weighted by atomic mass is 9.74. The summed E-state index contributed by atoms with van der Waals surface area (Å²) in [5.74, 6) is 5.22. The van der Waals surface area contributed by atoms with Crippen LogP contribution in [0.2, 0.25) is 0 Å². The van der Waals surface area contributed by atoms with Crippen LogP contribution in [0, 0.1) is 11.8 Å². The predicted molar refractivity (Wildman–Crippen MR) is 163 cm³/mol. The fraction of sp³-hybridized carbons (Fsp3) is 0.0833. The van der Waals surface area contributed by atoms with E-state index in [1.165, 1.54) is 61.5 Å². The minimum Gasteiger partial charge on any atom is -0.508 e. The summed E-state index contributed by atoms with van der Waals surface area (Å²) in [4.78, 5) is 11.9. The summed E-state index contributed by atoms with van der Waals surface area (Å²) >= 11 is 0. The van der Waals surface area contributed by atoms with Crippen molar-refractivity contribution in [2.75, 3.05) is 0 Å². The summed E-state index contributed by atoms with van der Waals surface area (Å²) in [7, 11) is 0. The van der Waals surface area contributed by atoms with Crippen LogP contribution in [0.5, 0.6) is 28.7 Å². The van der Waals surface area contributed by atoms with Gasteiger partial charge >= 0.3 is 5.97 Å². The van der Waals surface area contributed by atoms with Gasteiger partial charge in [-0.25, -0.2) is 0 Å². The van der Waals surface area contributed by atoms with Crippen LogP contribution in [0.15, 0.2) is 103 Å². The van der Waals surface area contributed by atoms with Crippen LogP contribution in [0.3, 0.4) is 0 Å². The van der Waals surface area contributed by atoms with Crippen molar-refractivity contribution in [1.82, 2.24) is 0 Å². The smallest absolute Gasteiger partial charge is 0.302 e. The predicted octanol–water partition coefficient (Wildman–Crippen LogP) is 5.63. The maximum atomic E-state index is 13.0. The monoisotopic (exact) mass is 588 g/mol. The van der Waals surface area contributed by atoms with Crippen molar-refractivity contribution in [2.24, 2.45) is 0 Å². The van der Waals surface area contributed by atoms with Gasteiger partial charge in [-0.15, -0.1) is 0 Å². The van der Waals surface area contributed by atoms with Crippen molar-refractivity contribution in [2.45, 2.75) is 19.1 Å². The molecule has 0 saturated carbocycles. The molecule has 0 aliphatic heterocycles. The Morgan fingerprint density at radius 2 is 1.16 bits per heavy atom. The summed E-state index contributed by atoms with van der Waals surface area (Å²) in [5.41, 5.74) is 0.678. The quantitative estimate of drug-likeness (QED) is 0.0850. The van der Waals surface area contributed by atoms with Gasteiger partial charge in [0.25, 0.3) is 0 Å². The highest BCUT2D eigenvalue weighted by atomic mass is 16.5. The standard InChI is InChI=1S/C36H28O8/c1-22(37)44-21-24-5-18-33(32-19-16-30(41)20-34(32)42)35(31(24)17-4-23-2-10-27(38)11-3-23)36(43,25-6-12-28(39)13-7-25)26-8-14-29(40)15-9-26/h2-3,5-16,18-20,38-43H,21H2,1H3. The zero-order valence-electron chi connectivity index (χ0n) is 23.5. The first kappa shape index (κ1) is 29.6. The van der Waals surface area contributed by atoms with E-state index in [2.05, 4.69) is 11.8 Å². The number of phenolic OH excluding ortho intramolecular Hbond substituents is 5. The van der Waals surface area contributed by atoms with E-state index in [-0.39, 0.29) is 52.0 Å². The third kappa shape index (κ3) is 6.00. The normalized spacial score (nSPS) is 11.0. The first-order valence-electron chi connectivity index (χ1n) is 13.5. The Balaban J connectivity index is 1.93. The van der Waals surface area contributed by atoms with E-state index in [1.807, 2.05) is 0 Å². The van der Waals surface area contributed by atoms with Gasteiger partial charge in [0.05, 0.1) is 0 Å². The Kier molecular flexibility index (Phi) is 8.16. The molecule has 0 fully saturated rings. The third-order valence-corrected chi connectivity index (χ3v) is 7.13. The number of esters is 1. The van der Waals surface area contributed by atoms with Gasteiger partial charge in [0.2, 0.25) is 0 Å². The summed E-state index contributed by atoms with van der Waals surface area (Å²) in [6.07, 6.45) is 0. The SMILES string of the molecule is CC(=O)OCc1ccc(-c2ccc(O)cc2O)c(C(O)(c2ccc(O)cc2)c2ccc(O)cc2)c1C#Cc1ccc(O)cc1. The Labute approximate surface area is 253 Å². The molecule has 5 aromatic rings. The first-order chi connectivity index (χ1) is 21.1. The molecule has 0 radical (unpaired) electrons. The number of phenols is 5. The molecule has 0 aliphatic carbocycles. The van der Waals surface area contributed by atoms with Crippen LogP contribution in [-0.4, -0.2) is 36.6 Å². The molecule has 0 amide bonds. The van der Waals surface area contributed by atoms with Crippen LogP contribution >= 0.6 is 0 Å². The molecule has 0 aromatic heterocycles. The number of benzene rings is 5. The van der Waals surface area contributed by atoms with Crippen LogP contribution in [-0.2, 0) is 21.7 Å². The molecule has 5 aromatic carbocycles. The van der Waals surface area contributed by atoms with Crippen molar-refractivity contribution in [3.63, 3.8) is 0 Å². The van der Waals surface area contributed by atoms with E-state index in [1.54, 1.807) is 48.5 Å². The lowest BCUT2D eigenvalue weighted by molar-refractivity contribution is -0.142. The van der Waals surface area contributed by atoms with Crippen molar-refractivity contribution < 1.29 is 40.2 Å². The van der Waals surface area contributed by atoms with Gasteiger partial charge in [-0.1, -0.05) is 48.2 Å². The molecule has 5 rings (SSSR count). The van der Waals surface area contributed by atoms with Crippen LogP contribution < -0.4 is 0 Å². The molecule has 0 unspecified atom stereocenters. The third-order valence-electron chi connectivity index (χ3n) is 7.13. The molecular formula is C36H28O8. The highest BCUT2D eigenvalue weighted by Gasteiger charge is 2.39. The van der Waals surface area contributed by atoms with Gasteiger partial charge in [0.15, 0.2) is 0 Å². The highest BCUT2D eigenvalue weighted by molar-refractivity contribution is 5.80. The van der Waals surface area contributed by atoms with Crippen LogP contribution in [0.4, 0.5) is 0 Å². The van der Waals surface area contributed by atoms with Gasteiger partial charge in [-0.3, -0.25) is 4.79 Å². The van der Waals surface area contributed by atoms with Crippen molar-refractivity contribution in [3.05, 3.63) is 137 Å². The molecule has 8 nitrogen and oxygen atoms in total.